The Labute approximate surface area is 189 Å². The molecule has 2 fully saturated rings. The van der Waals surface area contributed by atoms with Crippen molar-refractivity contribution in [2.45, 2.75) is 50.5 Å². The molecule has 1 saturated carbocycles. The van der Waals surface area contributed by atoms with Crippen LogP contribution in [-0.4, -0.2) is 40.9 Å². The Morgan fingerprint density at radius 1 is 1.06 bits per heavy atom. The minimum Gasteiger partial charge on any atom is -0.377 e. The van der Waals surface area contributed by atoms with Crippen LogP contribution in [0.15, 0.2) is 42.5 Å². The minimum absolute atomic E-state index is 0.0985. The van der Waals surface area contributed by atoms with Gasteiger partial charge in [0.2, 0.25) is 0 Å². The number of piperidine rings is 1. The van der Waals surface area contributed by atoms with Gasteiger partial charge in [-0.05, 0) is 49.4 Å². The third-order valence-corrected chi connectivity index (χ3v) is 5.98. The van der Waals surface area contributed by atoms with Gasteiger partial charge < -0.3 is 10.6 Å². The van der Waals surface area contributed by atoms with Gasteiger partial charge in [-0.1, -0.05) is 18.2 Å². The van der Waals surface area contributed by atoms with Gasteiger partial charge in [0.15, 0.2) is 0 Å². The lowest BCUT2D eigenvalue weighted by Gasteiger charge is -2.32. The summed E-state index contributed by atoms with van der Waals surface area (Å²) in [4.78, 5) is 25.6. The number of nitro benzene ring substituents is 1. The predicted molar refractivity (Wildman–Crippen MR) is 117 cm³/mol. The molecular formula is C23H25F3N4O3. The summed E-state index contributed by atoms with van der Waals surface area (Å²) in [7, 11) is 0. The van der Waals surface area contributed by atoms with Gasteiger partial charge in [0, 0.05) is 43.3 Å². The molecule has 1 amide bonds. The topological polar surface area (TPSA) is 87.5 Å². The quantitative estimate of drug-likeness (QED) is 0.465. The van der Waals surface area contributed by atoms with Crippen LogP contribution in [0.2, 0.25) is 0 Å². The van der Waals surface area contributed by atoms with Crippen molar-refractivity contribution in [1.29, 1.82) is 0 Å². The number of nitrogens with zero attached hydrogens (tertiary/aromatic N) is 2. The molecule has 1 aliphatic heterocycles. The van der Waals surface area contributed by atoms with Crippen LogP contribution < -0.4 is 10.6 Å². The van der Waals surface area contributed by atoms with Crippen molar-refractivity contribution < 1.29 is 22.9 Å². The fourth-order valence-electron chi connectivity index (χ4n) is 4.00. The van der Waals surface area contributed by atoms with Gasteiger partial charge in [0.1, 0.15) is 5.69 Å². The number of halogens is 3. The molecule has 2 aromatic rings. The summed E-state index contributed by atoms with van der Waals surface area (Å²) in [5.74, 6) is -0.368. The Bertz CT molecular complexity index is 1030. The Morgan fingerprint density at radius 2 is 1.79 bits per heavy atom. The van der Waals surface area contributed by atoms with Gasteiger partial charge in [0.05, 0.1) is 10.5 Å². The molecule has 2 N–H and O–H groups in total. The zero-order chi connectivity index (χ0) is 23.6. The third kappa shape index (κ3) is 6.01. The average molecular weight is 462 g/mol. The molecule has 0 atom stereocenters. The van der Waals surface area contributed by atoms with E-state index in [1.54, 1.807) is 18.2 Å². The van der Waals surface area contributed by atoms with Crippen molar-refractivity contribution in [3.8, 4) is 0 Å². The number of nitrogens with one attached hydrogen (secondary N) is 2. The van der Waals surface area contributed by atoms with Crippen LogP contribution in [0.25, 0.3) is 0 Å². The number of nitro groups is 1. The van der Waals surface area contributed by atoms with E-state index in [9.17, 15) is 28.1 Å². The normalized spacial score (nSPS) is 17.5. The van der Waals surface area contributed by atoms with Crippen LogP contribution in [-0.2, 0) is 12.7 Å². The molecule has 0 bridgehead atoms. The van der Waals surface area contributed by atoms with Crippen LogP contribution in [0.4, 0.5) is 24.5 Å². The Kier molecular flexibility index (Phi) is 6.55. The molecule has 1 saturated heterocycles. The number of alkyl halides is 3. The van der Waals surface area contributed by atoms with Gasteiger partial charge in [-0.2, -0.15) is 13.2 Å². The molecule has 0 spiro atoms. The lowest BCUT2D eigenvalue weighted by molar-refractivity contribution is -0.384. The monoisotopic (exact) mass is 462 g/mol. The number of rotatable bonds is 7. The van der Waals surface area contributed by atoms with E-state index in [0.29, 0.717) is 43.7 Å². The van der Waals surface area contributed by atoms with Crippen molar-refractivity contribution in [2.75, 3.05) is 18.4 Å². The third-order valence-electron chi connectivity index (χ3n) is 5.98. The van der Waals surface area contributed by atoms with Crippen LogP contribution in [0, 0.1) is 10.1 Å². The van der Waals surface area contributed by atoms with Crippen molar-refractivity contribution in [1.82, 2.24) is 10.2 Å². The van der Waals surface area contributed by atoms with Crippen molar-refractivity contribution >= 4 is 17.3 Å². The summed E-state index contributed by atoms with van der Waals surface area (Å²) < 4.78 is 38.7. The summed E-state index contributed by atoms with van der Waals surface area (Å²) in [6, 6.07) is 9.92. The molecule has 0 aromatic heterocycles. The lowest BCUT2D eigenvalue weighted by Crippen LogP contribution is -2.44. The number of hydrogen-bond donors (Lipinski definition) is 2. The van der Waals surface area contributed by atoms with Crippen LogP contribution >= 0.6 is 0 Å². The maximum Gasteiger partial charge on any atom is 0.416 e. The second-order valence-electron chi connectivity index (χ2n) is 8.63. The van der Waals surface area contributed by atoms with E-state index >= 15 is 0 Å². The fraction of sp³-hybridized carbons (Fsp3) is 0.435. The van der Waals surface area contributed by atoms with Gasteiger partial charge in [-0.25, -0.2) is 0 Å². The maximum atomic E-state index is 12.9. The predicted octanol–water partition coefficient (Wildman–Crippen LogP) is 4.58. The van der Waals surface area contributed by atoms with E-state index in [0.717, 1.165) is 18.9 Å². The molecule has 1 heterocycles. The first-order chi connectivity index (χ1) is 15.7. The first kappa shape index (κ1) is 23.0. The molecule has 7 nitrogen and oxygen atoms in total. The molecule has 0 unspecified atom stereocenters. The second-order valence-corrected chi connectivity index (χ2v) is 8.63. The number of likely N-dealkylation sites (tertiary alicyclic amines) is 1. The molecule has 2 aliphatic rings. The van der Waals surface area contributed by atoms with Crippen molar-refractivity contribution in [3.05, 3.63) is 69.3 Å². The fourth-order valence-corrected chi connectivity index (χ4v) is 4.00. The average Bonchev–Trinajstić information content (AvgIpc) is 3.59. The van der Waals surface area contributed by atoms with E-state index < -0.39 is 16.7 Å². The smallest absolute Gasteiger partial charge is 0.377 e. The Balaban J connectivity index is 1.31. The standard InChI is InChI=1S/C23H25F3N4O3/c24-23(25,26)17-3-1-2-15(12-17)14-29-10-8-19(9-11-29)28-22(31)16-4-7-20(27-18-5-6-18)21(13-16)30(32)33/h1-4,7,12-13,18-19,27H,5-6,8-11,14H2,(H,28,31). The molecule has 33 heavy (non-hydrogen) atoms. The van der Waals surface area contributed by atoms with Crippen LogP contribution in [0.3, 0.4) is 0 Å². The Hall–Kier alpha value is -3.14. The largest absolute Gasteiger partial charge is 0.416 e. The summed E-state index contributed by atoms with van der Waals surface area (Å²) in [5.41, 5.74) is 0.468. The number of hydrogen-bond acceptors (Lipinski definition) is 5. The Morgan fingerprint density at radius 3 is 2.42 bits per heavy atom. The summed E-state index contributed by atoms with van der Waals surface area (Å²) in [6.07, 6.45) is -1.12. The van der Waals surface area contributed by atoms with Crippen LogP contribution in [0.1, 0.15) is 47.2 Å². The van der Waals surface area contributed by atoms with Gasteiger partial charge in [0.25, 0.3) is 11.6 Å². The summed E-state index contributed by atoms with van der Waals surface area (Å²) >= 11 is 0. The minimum atomic E-state index is -4.37. The van der Waals surface area contributed by atoms with Gasteiger partial charge >= 0.3 is 6.18 Å². The number of anilines is 1. The van der Waals surface area contributed by atoms with Crippen molar-refractivity contribution in [3.63, 3.8) is 0 Å². The highest BCUT2D eigenvalue weighted by Crippen LogP contribution is 2.32. The second kappa shape index (κ2) is 9.38. The number of carbonyl (C=O) groups is 1. The summed E-state index contributed by atoms with van der Waals surface area (Å²) in [6.45, 7) is 1.67. The first-order valence-corrected chi connectivity index (χ1v) is 10.9. The van der Waals surface area contributed by atoms with Crippen molar-refractivity contribution in [2.24, 2.45) is 0 Å². The molecule has 0 radical (unpaired) electrons. The highest BCUT2D eigenvalue weighted by atomic mass is 19.4. The molecule has 1 aliphatic carbocycles. The zero-order valence-corrected chi connectivity index (χ0v) is 17.9. The number of carbonyl (C=O) groups excluding carboxylic acids is 1. The maximum absolute atomic E-state index is 12.9. The molecular weight excluding hydrogens is 437 g/mol. The van der Waals surface area contributed by atoms with Gasteiger partial charge in [-0.3, -0.25) is 19.8 Å². The highest BCUT2D eigenvalue weighted by Gasteiger charge is 2.31. The molecule has 176 valence electrons. The van der Waals surface area contributed by atoms with E-state index in [4.69, 9.17) is 0 Å². The molecule has 4 rings (SSSR count). The summed E-state index contributed by atoms with van der Waals surface area (Å²) in [5, 5.41) is 17.5. The SMILES string of the molecule is O=C(NC1CCN(Cc2cccc(C(F)(F)F)c2)CC1)c1ccc(NC2CC2)c([N+](=O)[O-])c1. The molecule has 10 heteroatoms. The zero-order valence-electron chi connectivity index (χ0n) is 17.9. The van der Waals surface area contributed by atoms with E-state index in [2.05, 4.69) is 15.5 Å². The van der Waals surface area contributed by atoms with E-state index in [1.165, 1.54) is 18.2 Å². The van der Waals surface area contributed by atoms with E-state index in [1.807, 2.05) is 0 Å². The number of amides is 1. The van der Waals surface area contributed by atoms with E-state index in [-0.39, 0.29) is 29.2 Å². The van der Waals surface area contributed by atoms with Crippen LogP contribution in [0.5, 0.6) is 0 Å². The lowest BCUT2D eigenvalue weighted by atomic mass is 10.0. The highest BCUT2D eigenvalue weighted by molar-refractivity contribution is 5.96. The molecule has 2 aromatic carbocycles. The first-order valence-electron chi connectivity index (χ1n) is 10.9. The number of benzene rings is 2. The van der Waals surface area contributed by atoms with Gasteiger partial charge in [-0.15, -0.1) is 0 Å².